The molecular weight excluding hydrogens is 362 g/mol. The van der Waals surface area contributed by atoms with E-state index in [-0.39, 0.29) is 11.7 Å². The van der Waals surface area contributed by atoms with Gasteiger partial charge in [-0.1, -0.05) is 11.6 Å². The Hall–Kier alpha value is -2.92. The molecule has 1 aromatic carbocycles. The number of nitrogens with one attached hydrogen (secondary N) is 1. The van der Waals surface area contributed by atoms with Crippen LogP contribution in [0.5, 0.6) is 0 Å². The van der Waals surface area contributed by atoms with Crippen molar-refractivity contribution in [2.75, 3.05) is 5.32 Å². The molecule has 0 spiro atoms. The maximum absolute atomic E-state index is 12.9. The van der Waals surface area contributed by atoms with Crippen LogP contribution < -0.4 is 5.32 Å². The maximum Gasteiger partial charge on any atom is 0.221 e. The Balaban J connectivity index is 1.84. The molecule has 1 amide bonds. The average molecular weight is 382 g/mol. The Morgan fingerprint density at radius 2 is 1.85 bits per heavy atom. The van der Waals surface area contributed by atoms with Gasteiger partial charge in [0.05, 0.1) is 17.6 Å². The largest absolute Gasteiger partial charge is 0.344 e. The van der Waals surface area contributed by atoms with E-state index in [0.717, 1.165) is 17.0 Å². The molecule has 0 unspecified atom stereocenters. The predicted molar refractivity (Wildman–Crippen MR) is 106 cm³/mol. The van der Waals surface area contributed by atoms with E-state index in [1.54, 1.807) is 30.5 Å². The van der Waals surface area contributed by atoms with Crippen LogP contribution in [0.25, 0.3) is 0 Å². The summed E-state index contributed by atoms with van der Waals surface area (Å²) in [6.07, 6.45) is 2.22. The number of pyridine rings is 1. The summed E-state index contributed by atoms with van der Waals surface area (Å²) in [6, 6.07) is 12.6. The first kappa shape index (κ1) is 18.9. The highest BCUT2D eigenvalue weighted by Gasteiger charge is 2.18. The van der Waals surface area contributed by atoms with Gasteiger partial charge in [0.15, 0.2) is 0 Å². The minimum absolute atomic E-state index is 0.0353. The summed E-state index contributed by atoms with van der Waals surface area (Å²) in [5, 5.41) is 3.30. The molecule has 0 saturated carbocycles. The molecule has 27 heavy (non-hydrogen) atoms. The first-order valence-electron chi connectivity index (χ1n) is 8.53. The van der Waals surface area contributed by atoms with Gasteiger partial charge < -0.3 is 9.88 Å². The number of aromatic nitrogens is 2. The van der Waals surface area contributed by atoms with E-state index < -0.39 is 0 Å². The second-order valence-electron chi connectivity index (χ2n) is 6.46. The number of hydrogen-bond acceptors (Lipinski definition) is 3. The Morgan fingerprint density at radius 3 is 2.44 bits per heavy atom. The van der Waals surface area contributed by atoms with Crippen molar-refractivity contribution in [2.45, 2.75) is 20.3 Å². The summed E-state index contributed by atoms with van der Waals surface area (Å²) in [6.45, 7) is 3.39. The van der Waals surface area contributed by atoms with Gasteiger partial charge in [0.25, 0.3) is 0 Å². The minimum atomic E-state index is -0.132. The van der Waals surface area contributed by atoms with Gasteiger partial charge in [0.1, 0.15) is 0 Å². The lowest BCUT2D eigenvalue weighted by Crippen LogP contribution is -2.11. The minimum Gasteiger partial charge on any atom is -0.344 e. The number of hydrogen-bond donors (Lipinski definition) is 1. The molecule has 0 aliphatic heterocycles. The molecule has 0 radical (unpaired) electrons. The summed E-state index contributed by atoms with van der Waals surface area (Å²) in [5.74, 6) is -0.167. The number of rotatable bonds is 5. The predicted octanol–water partition coefficient (Wildman–Crippen LogP) is 4.16. The summed E-state index contributed by atoms with van der Waals surface area (Å²) < 4.78 is 1.91. The van der Waals surface area contributed by atoms with Crippen LogP contribution in [0, 0.1) is 6.92 Å². The summed E-state index contributed by atoms with van der Waals surface area (Å²) in [7, 11) is 1.89. The molecule has 0 saturated heterocycles. The van der Waals surface area contributed by atoms with Gasteiger partial charge >= 0.3 is 0 Å². The second kappa shape index (κ2) is 7.76. The third kappa shape index (κ3) is 4.26. The third-order valence-corrected chi connectivity index (χ3v) is 4.60. The number of aryl methyl sites for hydroxylation is 1. The van der Waals surface area contributed by atoms with Crippen molar-refractivity contribution in [3.63, 3.8) is 0 Å². The van der Waals surface area contributed by atoms with Gasteiger partial charge in [-0.3, -0.25) is 14.6 Å². The maximum atomic E-state index is 12.9. The average Bonchev–Trinajstić information content (AvgIpc) is 2.90. The lowest BCUT2D eigenvalue weighted by molar-refractivity contribution is -0.114. The zero-order valence-corrected chi connectivity index (χ0v) is 16.2. The van der Waals surface area contributed by atoms with Gasteiger partial charge in [-0.05, 0) is 55.0 Å². The van der Waals surface area contributed by atoms with Crippen molar-refractivity contribution in [3.8, 4) is 0 Å². The molecule has 1 N–H and O–H groups in total. The monoisotopic (exact) mass is 381 g/mol. The standard InChI is InChI=1S/C21H20ClN3O2/c1-13-10-19(11-17-8-9-18(12-23-17)24-14(2)26)25(3)20(13)21(27)15-4-6-16(22)7-5-15/h4-10,12H,11H2,1-3H3,(H,24,26). The quantitative estimate of drug-likeness (QED) is 0.675. The molecule has 3 rings (SSSR count). The Bertz CT molecular complexity index is 990. The summed E-state index contributed by atoms with van der Waals surface area (Å²) in [5.41, 5.74) is 4.69. The van der Waals surface area contributed by atoms with Crippen LogP contribution in [0.3, 0.4) is 0 Å². The topological polar surface area (TPSA) is 64.0 Å². The number of nitrogens with zero attached hydrogens (tertiary/aromatic N) is 2. The van der Waals surface area contributed by atoms with Crippen LogP contribution in [-0.4, -0.2) is 21.2 Å². The van der Waals surface area contributed by atoms with Crippen molar-refractivity contribution in [1.29, 1.82) is 0 Å². The van der Waals surface area contributed by atoms with E-state index in [0.29, 0.717) is 28.4 Å². The zero-order valence-electron chi connectivity index (χ0n) is 15.4. The van der Waals surface area contributed by atoms with Crippen molar-refractivity contribution >= 4 is 29.0 Å². The highest BCUT2D eigenvalue weighted by atomic mass is 35.5. The van der Waals surface area contributed by atoms with E-state index in [2.05, 4.69) is 10.3 Å². The number of carbonyl (C=O) groups is 2. The molecule has 138 valence electrons. The van der Waals surface area contributed by atoms with Crippen LogP contribution in [-0.2, 0) is 18.3 Å². The summed E-state index contributed by atoms with van der Waals surface area (Å²) >= 11 is 5.91. The second-order valence-corrected chi connectivity index (χ2v) is 6.89. The van der Waals surface area contributed by atoms with Gasteiger partial charge in [0.2, 0.25) is 11.7 Å². The molecule has 2 aromatic heterocycles. The molecule has 3 aromatic rings. The Kier molecular flexibility index (Phi) is 5.42. The number of ketones is 1. The molecule has 5 nitrogen and oxygen atoms in total. The van der Waals surface area contributed by atoms with E-state index in [1.807, 2.05) is 36.7 Å². The zero-order chi connectivity index (χ0) is 19.6. The van der Waals surface area contributed by atoms with E-state index >= 15 is 0 Å². The fourth-order valence-corrected chi connectivity index (χ4v) is 3.18. The third-order valence-electron chi connectivity index (χ3n) is 4.35. The van der Waals surface area contributed by atoms with Gasteiger partial charge in [0, 0.05) is 42.4 Å². The lowest BCUT2D eigenvalue weighted by atomic mass is 10.1. The molecule has 6 heteroatoms. The normalized spacial score (nSPS) is 10.7. The summed E-state index contributed by atoms with van der Waals surface area (Å²) in [4.78, 5) is 28.4. The van der Waals surface area contributed by atoms with Crippen molar-refractivity contribution in [1.82, 2.24) is 9.55 Å². The fourth-order valence-electron chi connectivity index (χ4n) is 3.05. The van der Waals surface area contributed by atoms with Gasteiger partial charge in [-0.2, -0.15) is 0 Å². The van der Waals surface area contributed by atoms with E-state index in [9.17, 15) is 9.59 Å². The molecule has 0 aliphatic rings. The molecule has 0 fully saturated rings. The van der Waals surface area contributed by atoms with Gasteiger partial charge in [-0.25, -0.2) is 0 Å². The van der Waals surface area contributed by atoms with Gasteiger partial charge in [-0.15, -0.1) is 0 Å². The van der Waals surface area contributed by atoms with Crippen LogP contribution in [0.15, 0.2) is 48.7 Å². The van der Waals surface area contributed by atoms with Crippen molar-refractivity contribution in [3.05, 3.63) is 81.9 Å². The van der Waals surface area contributed by atoms with E-state index in [1.165, 1.54) is 6.92 Å². The number of anilines is 1. The number of carbonyl (C=O) groups excluding carboxylic acids is 2. The van der Waals surface area contributed by atoms with Crippen LogP contribution in [0.1, 0.15) is 39.9 Å². The molecule has 2 heterocycles. The SMILES string of the molecule is CC(=O)Nc1ccc(Cc2cc(C)c(C(=O)c3ccc(Cl)cc3)n2C)nc1. The number of halogens is 1. The highest BCUT2D eigenvalue weighted by molar-refractivity contribution is 6.30. The molecule has 0 atom stereocenters. The lowest BCUT2D eigenvalue weighted by Gasteiger charge is -2.09. The Labute approximate surface area is 163 Å². The van der Waals surface area contributed by atoms with Crippen LogP contribution >= 0.6 is 11.6 Å². The van der Waals surface area contributed by atoms with Crippen molar-refractivity contribution in [2.24, 2.45) is 7.05 Å². The number of amides is 1. The number of benzene rings is 1. The van der Waals surface area contributed by atoms with E-state index in [4.69, 9.17) is 11.6 Å². The van der Waals surface area contributed by atoms with Crippen LogP contribution in [0.4, 0.5) is 5.69 Å². The smallest absolute Gasteiger partial charge is 0.221 e. The molecular formula is C21H20ClN3O2. The first-order valence-corrected chi connectivity index (χ1v) is 8.91. The first-order chi connectivity index (χ1) is 12.8. The fraction of sp³-hybridized carbons (Fsp3) is 0.190. The molecule has 0 aliphatic carbocycles. The molecule has 0 bridgehead atoms. The Morgan fingerprint density at radius 1 is 1.15 bits per heavy atom. The van der Waals surface area contributed by atoms with Crippen LogP contribution in [0.2, 0.25) is 5.02 Å². The highest BCUT2D eigenvalue weighted by Crippen LogP contribution is 2.21. The van der Waals surface area contributed by atoms with Crippen molar-refractivity contribution < 1.29 is 9.59 Å².